The molecule has 0 spiro atoms. The zero-order valence-corrected chi connectivity index (χ0v) is 19.7. The second-order valence-electron chi connectivity index (χ2n) is 8.36. The maximum Gasteiger partial charge on any atom is 0.268 e. The summed E-state index contributed by atoms with van der Waals surface area (Å²) >= 11 is 0. The van der Waals surface area contributed by atoms with E-state index < -0.39 is 0 Å². The molecule has 8 heteroatoms. The van der Waals surface area contributed by atoms with Crippen LogP contribution in [0.1, 0.15) is 83.1 Å². The standard InChI is InChI=1S/C26H31N5O3/c1-3-9-21(18-10-6-5-7-11-18)30-26(33)22-16-19(23-17-34-15-14-31(22)23)25(32)29-20(4-2)24-27-12-8-13-28-24/h5-8,10-13,16,20-21H,3-4,9,14-15,17H2,1-2H3,(H,29,32)(H,30,33)/t20-,21+/m1/s1. The topological polar surface area (TPSA) is 98.1 Å². The van der Waals surface area contributed by atoms with E-state index in [0.29, 0.717) is 42.3 Å². The lowest BCUT2D eigenvalue weighted by molar-refractivity contribution is 0.0772. The summed E-state index contributed by atoms with van der Waals surface area (Å²) in [6.07, 6.45) is 5.73. The molecule has 0 saturated heterocycles. The molecule has 1 aliphatic heterocycles. The van der Waals surface area contributed by atoms with Gasteiger partial charge in [-0.05, 0) is 30.5 Å². The Balaban J connectivity index is 1.59. The van der Waals surface area contributed by atoms with E-state index in [4.69, 9.17) is 4.74 Å². The van der Waals surface area contributed by atoms with E-state index in [9.17, 15) is 9.59 Å². The quantitative estimate of drug-likeness (QED) is 0.503. The lowest BCUT2D eigenvalue weighted by Gasteiger charge is -2.22. The Kier molecular flexibility index (Phi) is 7.69. The maximum absolute atomic E-state index is 13.4. The van der Waals surface area contributed by atoms with Gasteiger partial charge in [-0.2, -0.15) is 0 Å². The van der Waals surface area contributed by atoms with Crippen LogP contribution in [-0.4, -0.2) is 33.0 Å². The van der Waals surface area contributed by atoms with Crippen LogP contribution in [0, 0.1) is 0 Å². The Morgan fingerprint density at radius 3 is 2.47 bits per heavy atom. The first kappa shape index (κ1) is 23.6. The molecule has 8 nitrogen and oxygen atoms in total. The van der Waals surface area contributed by atoms with E-state index in [1.54, 1.807) is 24.5 Å². The van der Waals surface area contributed by atoms with E-state index in [-0.39, 0.29) is 30.5 Å². The molecule has 2 atom stereocenters. The zero-order valence-electron chi connectivity index (χ0n) is 19.7. The summed E-state index contributed by atoms with van der Waals surface area (Å²) in [4.78, 5) is 35.2. The maximum atomic E-state index is 13.4. The van der Waals surface area contributed by atoms with Gasteiger partial charge in [0, 0.05) is 18.9 Å². The monoisotopic (exact) mass is 461 g/mol. The number of nitrogens with one attached hydrogen (secondary N) is 2. The normalized spacial score (nSPS) is 14.6. The molecule has 1 aromatic carbocycles. The molecule has 0 saturated carbocycles. The fourth-order valence-corrected chi connectivity index (χ4v) is 4.31. The summed E-state index contributed by atoms with van der Waals surface area (Å²) in [6, 6.07) is 13.0. The third-order valence-corrected chi connectivity index (χ3v) is 6.08. The summed E-state index contributed by atoms with van der Waals surface area (Å²) in [5.74, 6) is 0.106. The number of benzene rings is 1. The van der Waals surface area contributed by atoms with Crippen molar-refractivity contribution in [1.82, 2.24) is 25.2 Å². The molecule has 0 fully saturated rings. The van der Waals surface area contributed by atoms with Gasteiger partial charge in [0.1, 0.15) is 11.5 Å². The predicted octanol–water partition coefficient (Wildman–Crippen LogP) is 3.96. The minimum absolute atomic E-state index is 0.0957. The number of aromatic nitrogens is 3. The summed E-state index contributed by atoms with van der Waals surface area (Å²) in [5, 5.41) is 6.20. The number of nitrogens with zero attached hydrogens (tertiary/aromatic N) is 3. The first-order valence-corrected chi connectivity index (χ1v) is 11.9. The summed E-state index contributed by atoms with van der Waals surface area (Å²) in [7, 11) is 0. The molecule has 3 aromatic rings. The molecule has 0 radical (unpaired) electrons. The van der Waals surface area contributed by atoms with Crippen molar-refractivity contribution in [2.24, 2.45) is 0 Å². The van der Waals surface area contributed by atoms with Gasteiger partial charge in [-0.25, -0.2) is 9.97 Å². The van der Waals surface area contributed by atoms with Crippen LogP contribution in [0.2, 0.25) is 0 Å². The van der Waals surface area contributed by atoms with E-state index in [1.165, 1.54) is 0 Å². The van der Waals surface area contributed by atoms with Crippen molar-refractivity contribution in [3.8, 4) is 0 Å². The molecule has 2 amide bonds. The molecule has 3 heterocycles. The SMILES string of the molecule is CCC[C@H](NC(=O)c1cc(C(=O)N[C@H](CC)c2ncccn2)c2n1CCOC2)c1ccccc1. The number of hydrogen-bond acceptors (Lipinski definition) is 5. The highest BCUT2D eigenvalue weighted by Crippen LogP contribution is 2.24. The van der Waals surface area contributed by atoms with Crippen LogP contribution in [0.15, 0.2) is 54.9 Å². The summed E-state index contributed by atoms with van der Waals surface area (Å²) < 4.78 is 7.53. The van der Waals surface area contributed by atoms with Gasteiger partial charge in [-0.1, -0.05) is 50.6 Å². The van der Waals surface area contributed by atoms with Gasteiger partial charge in [0.15, 0.2) is 0 Å². The van der Waals surface area contributed by atoms with Crippen LogP contribution in [0.3, 0.4) is 0 Å². The van der Waals surface area contributed by atoms with Crippen molar-refractivity contribution in [3.05, 3.63) is 83.2 Å². The zero-order chi connectivity index (χ0) is 23.9. The number of ether oxygens (including phenoxy) is 1. The van der Waals surface area contributed by atoms with Crippen LogP contribution in [0.5, 0.6) is 0 Å². The number of hydrogen-bond donors (Lipinski definition) is 2. The van der Waals surface area contributed by atoms with Crippen LogP contribution in [0.25, 0.3) is 0 Å². The number of carbonyl (C=O) groups excluding carboxylic acids is 2. The van der Waals surface area contributed by atoms with Crippen molar-refractivity contribution < 1.29 is 14.3 Å². The largest absolute Gasteiger partial charge is 0.373 e. The predicted molar refractivity (Wildman–Crippen MR) is 128 cm³/mol. The molecule has 2 N–H and O–H groups in total. The van der Waals surface area contributed by atoms with Crippen molar-refractivity contribution in [3.63, 3.8) is 0 Å². The van der Waals surface area contributed by atoms with E-state index in [1.807, 2.05) is 41.8 Å². The van der Waals surface area contributed by atoms with E-state index in [0.717, 1.165) is 18.4 Å². The average molecular weight is 462 g/mol. The van der Waals surface area contributed by atoms with Crippen molar-refractivity contribution in [2.45, 2.75) is 58.3 Å². The smallest absolute Gasteiger partial charge is 0.268 e. The Morgan fingerprint density at radius 2 is 1.76 bits per heavy atom. The van der Waals surface area contributed by atoms with Crippen molar-refractivity contribution in [2.75, 3.05) is 6.61 Å². The van der Waals surface area contributed by atoms with Gasteiger partial charge < -0.3 is 19.9 Å². The fourth-order valence-electron chi connectivity index (χ4n) is 4.31. The van der Waals surface area contributed by atoms with Gasteiger partial charge in [0.05, 0.1) is 36.6 Å². The Labute approximate surface area is 199 Å². The number of fused-ring (bicyclic) bond motifs is 1. The van der Waals surface area contributed by atoms with Gasteiger partial charge in [-0.15, -0.1) is 0 Å². The average Bonchev–Trinajstić information content (AvgIpc) is 3.28. The summed E-state index contributed by atoms with van der Waals surface area (Å²) in [5.41, 5.74) is 2.71. The number of amides is 2. The minimum atomic E-state index is -0.321. The molecule has 4 rings (SSSR count). The third kappa shape index (κ3) is 5.17. The van der Waals surface area contributed by atoms with E-state index >= 15 is 0 Å². The molecule has 0 unspecified atom stereocenters. The van der Waals surface area contributed by atoms with Crippen LogP contribution in [-0.2, 0) is 17.9 Å². The van der Waals surface area contributed by atoms with Gasteiger partial charge >= 0.3 is 0 Å². The molecule has 0 aliphatic carbocycles. The lowest BCUT2D eigenvalue weighted by Crippen LogP contribution is -2.32. The second kappa shape index (κ2) is 11.1. The molecule has 2 aromatic heterocycles. The minimum Gasteiger partial charge on any atom is -0.373 e. The van der Waals surface area contributed by atoms with Gasteiger partial charge in [0.2, 0.25) is 0 Å². The highest BCUT2D eigenvalue weighted by molar-refractivity contribution is 6.01. The molecule has 34 heavy (non-hydrogen) atoms. The number of rotatable bonds is 9. The van der Waals surface area contributed by atoms with Crippen LogP contribution < -0.4 is 10.6 Å². The first-order valence-electron chi connectivity index (χ1n) is 11.9. The van der Waals surface area contributed by atoms with Gasteiger partial charge in [-0.3, -0.25) is 9.59 Å². The van der Waals surface area contributed by atoms with Crippen molar-refractivity contribution >= 4 is 11.8 Å². The highest BCUT2D eigenvalue weighted by Gasteiger charge is 2.28. The molecule has 178 valence electrons. The van der Waals surface area contributed by atoms with Crippen LogP contribution in [0.4, 0.5) is 0 Å². The molecular weight excluding hydrogens is 430 g/mol. The number of carbonyl (C=O) groups is 2. The fraction of sp³-hybridized carbons (Fsp3) is 0.385. The van der Waals surface area contributed by atoms with Crippen LogP contribution >= 0.6 is 0 Å². The van der Waals surface area contributed by atoms with Gasteiger partial charge in [0.25, 0.3) is 11.8 Å². The molecular formula is C26H31N5O3. The van der Waals surface area contributed by atoms with Crippen molar-refractivity contribution in [1.29, 1.82) is 0 Å². The Bertz CT molecular complexity index is 1110. The second-order valence-corrected chi connectivity index (χ2v) is 8.36. The Hall–Kier alpha value is -3.52. The molecule has 1 aliphatic rings. The highest BCUT2D eigenvalue weighted by atomic mass is 16.5. The Morgan fingerprint density at radius 1 is 1.03 bits per heavy atom. The molecule has 0 bridgehead atoms. The third-order valence-electron chi connectivity index (χ3n) is 6.08. The summed E-state index contributed by atoms with van der Waals surface area (Å²) in [6.45, 7) is 5.37. The first-order chi connectivity index (χ1) is 16.6. The lowest BCUT2D eigenvalue weighted by atomic mass is 10.0. The van der Waals surface area contributed by atoms with E-state index in [2.05, 4.69) is 27.5 Å².